The van der Waals surface area contributed by atoms with Gasteiger partial charge in [0.25, 0.3) is 0 Å². The molecule has 0 amide bonds. The molecule has 0 saturated carbocycles. The molecule has 182 valence electrons. The normalized spacial score (nSPS) is 12.4. The SMILES string of the molecule is Oc1ccc2ccccc2c1-c1c(Cc2cc(C(F)(F)F)cc(C(F)(F)F)c2)ccc2ccccc12. The van der Waals surface area contributed by atoms with Crippen LogP contribution in [0.4, 0.5) is 26.3 Å². The highest BCUT2D eigenvalue weighted by molar-refractivity contribution is 6.08. The minimum absolute atomic E-state index is 0.0358. The largest absolute Gasteiger partial charge is 0.507 e. The van der Waals surface area contributed by atoms with Crippen LogP contribution in [-0.2, 0) is 18.8 Å². The topological polar surface area (TPSA) is 20.2 Å². The van der Waals surface area contributed by atoms with E-state index >= 15 is 0 Å². The van der Waals surface area contributed by atoms with Gasteiger partial charge in [0.2, 0.25) is 0 Å². The summed E-state index contributed by atoms with van der Waals surface area (Å²) in [6, 6.07) is 23.0. The van der Waals surface area contributed by atoms with Gasteiger partial charge in [0.1, 0.15) is 5.75 Å². The van der Waals surface area contributed by atoms with Crippen molar-refractivity contribution in [2.45, 2.75) is 18.8 Å². The molecule has 0 aliphatic carbocycles. The predicted octanol–water partition coefficient (Wildman–Crippen LogP) is 8.99. The van der Waals surface area contributed by atoms with E-state index in [2.05, 4.69) is 0 Å². The standard InChI is InChI=1S/C29H18F6O/c30-28(31,32)21-14-17(15-22(16-21)29(33,34)35)13-20-10-9-18-5-1-3-7-23(18)26(20)27-24-8-4-2-6-19(24)11-12-25(27)36/h1-12,14-16,36H,13H2. The summed E-state index contributed by atoms with van der Waals surface area (Å²) >= 11 is 0. The van der Waals surface area contributed by atoms with Crippen molar-refractivity contribution < 1.29 is 31.4 Å². The highest BCUT2D eigenvalue weighted by atomic mass is 19.4. The van der Waals surface area contributed by atoms with Crippen LogP contribution in [0.3, 0.4) is 0 Å². The lowest BCUT2D eigenvalue weighted by Crippen LogP contribution is -2.12. The summed E-state index contributed by atoms with van der Waals surface area (Å²) in [5.41, 5.74) is -1.32. The van der Waals surface area contributed by atoms with E-state index in [0.717, 1.165) is 33.7 Å². The average Bonchev–Trinajstić information content (AvgIpc) is 2.83. The van der Waals surface area contributed by atoms with Gasteiger partial charge < -0.3 is 5.11 Å². The van der Waals surface area contributed by atoms with E-state index in [1.165, 1.54) is 6.07 Å². The van der Waals surface area contributed by atoms with E-state index in [-0.39, 0.29) is 23.8 Å². The van der Waals surface area contributed by atoms with Crippen molar-refractivity contribution in [2.75, 3.05) is 0 Å². The molecule has 5 aromatic carbocycles. The Bertz CT molecular complexity index is 1570. The van der Waals surface area contributed by atoms with Gasteiger partial charge in [-0.2, -0.15) is 26.3 Å². The molecule has 5 rings (SSSR count). The Labute approximate surface area is 202 Å². The van der Waals surface area contributed by atoms with Gasteiger partial charge in [-0.15, -0.1) is 0 Å². The van der Waals surface area contributed by atoms with Gasteiger partial charge in [-0.25, -0.2) is 0 Å². The van der Waals surface area contributed by atoms with Crippen LogP contribution in [0.15, 0.2) is 91.0 Å². The zero-order valence-electron chi connectivity index (χ0n) is 18.6. The van der Waals surface area contributed by atoms with Crippen LogP contribution >= 0.6 is 0 Å². The predicted molar refractivity (Wildman–Crippen MR) is 128 cm³/mol. The second-order valence-corrected chi connectivity index (χ2v) is 8.59. The molecule has 5 aromatic rings. The lowest BCUT2D eigenvalue weighted by Gasteiger charge is -2.18. The van der Waals surface area contributed by atoms with Gasteiger partial charge in [-0.1, -0.05) is 66.7 Å². The Morgan fingerprint density at radius 2 is 1.06 bits per heavy atom. The van der Waals surface area contributed by atoms with Crippen LogP contribution in [-0.4, -0.2) is 5.11 Å². The fourth-order valence-electron chi connectivity index (χ4n) is 4.62. The molecule has 1 nitrogen and oxygen atoms in total. The zero-order valence-corrected chi connectivity index (χ0v) is 18.6. The van der Waals surface area contributed by atoms with E-state index < -0.39 is 23.5 Å². The molecule has 1 N–H and O–H groups in total. The van der Waals surface area contributed by atoms with Crippen LogP contribution in [0.1, 0.15) is 22.3 Å². The lowest BCUT2D eigenvalue weighted by molar-refractivity contribution is -0.143. The number of halogens is 6. The number of hydrogen-bond acceptors (Lipinski definition) is 1. The number of rotatable bonds is 3. The maximum absolute atomic E-state index is 13.5. The first-order valence-corrected chi connectivity index (χ1v) is 11.0. The molecule has 0 atom stereocenters. The third-order valence-electron chi connectivity index (χ3n) is 6.21. The molecule has 0 heterocycles. The van der Waals surface area contributed by atoms with E-state index in [1.54, 1.807) is 30.3 Å². The van der Waals surface area contributed by atoms with E-state index in [1.807, 2.05) is 36.4 Å². The van der Waals surface area contributed by atoms with Gasteiger partial charge in [-0.05, 0) is 68.9 Å². The summed E-state index contributed by atoms with van der Waals surface area (Å²) in [5, 5.41) is 14.0. The average molecular weight is 496 g/mol. The Morgan fingerprint density at radius 1 is 0.556 bits per heavy atom. The van der Waals surface area contributed by atoms with Crippen LogP contribution in [0.2, 0.25) is 0 Å². The van der Waals surface area contributed by atoms with Crippen molar-refractivity contribution in [3.05, 3.63) is 113 Å². The Hall–Kier alpha value is -4.00. The van der Waals surface area contributed by atoms with Crippen molar-refractivity contribution in [1.82, 2.24) is 0 Å². The maximum Gasteiger partial charge on any atom is 0.416 e. The summed E-state index contributed by atoms with van der Waals surface area (Å²) in [6.45, 7) is 0. The Morgan fingerprint density at radius 3 is 1.61 bits per heavy atom. The van der Waals surface area contributed by atoms with E-state index in [0.29, 0.717) is 16.7 Å². The van der Waals surface area contributed by atoms with Gasteiger partial charge in [0, 0.05) is 5.56 Å². The Balaban J connectivity index is 1.78. The number of benzene rings is 5. The number of fused-ring (bicyclic) bond motifs is 2. The van der Waals surface area contributed by atoms with Crippen molar-refractivity contribution in [2.24, 2.45) is 0 Å². The molecule has 36 heavy (non-hydrogen) atoms. The van der Waals surface area contributed by atoms with Crippen molar-refractivity contribution in [3.8, 4) is 16.9 Å². The second kappa shape index (κ2) is 8.59. The fraction of sp³-hybridized carbons (Fsp3) is 0.103. The van der Waals surface area contributed by atoms with Crippen molar-refractivity contribution in [1.29, 1.82) is 0 Å². The number of phenolic OH excluding ortho intramolecular Hbond substituents is 1. The molecule has 0 aliphatic heterocycles. The number of aromatic hydroxyl groups is 1. The number of hydrogen-bond donors (Lipinski definition) is 1. The molecule has 0 bridgehead atoms. The first-order valence-electron chi connectivity index (χ1n) is 11.0. The summed E-state index contributed by atoms with van der Waals surface area (Å²) < 4.78 is 80.7. The molecular formula is C29H18F6O. The zero-order chi connectivity index (χ0) is 25.7. The van der Waals surface area contributed by atoms with Crippen molar-refractivity contribution in [3.63, 3.8) is 0 Å². The minimum atomic E-state index is -4.93. The molecule has 0 radical (unpaired) electrons. The summed E-state index contributed by atoms with van der Waals surface area (Å²) in [6.07, 6.45) is -10.1. The fourth-order valence-corrected chi connectivity index (χ4v) is 4.62. The third-order valence-corrected chi connectivity index (χ3v) is 6.21. The number of alkyl halides is 6. The van der Waals surface area contributed by atoms with Gasteiger partial charge in [0.05, 0.1) is 11.1 Å². The molecule has 0 fully saturated rings. The molecule has 0 saturated heterocycles. The van der Waals surface area contributed by atoms with Crippen LogP contribution in [0.25, 0.3) is 32.7 Å². The van der Waals surface area contributed by atoms with Gasteiger partial charge in [-0.3, -0.25) is 0 Å². The molecule has 0 aliphatic rings. The number of phenols is 1. The first-order chi connectivity index (χ1) is 17.0. The van der Waals surface area contributed by atoms with E-state index in [9.17, 15) is 31.4 Å². The highest BCUT2D eigenvalue weighted by Gasteiger charge is 2.37. The van der Waals surface area contributed by atoms with E-state index in [4.69, 9.17) is 0 Å². The van der Waals surface area contributed by atoms with Crippen molar-refractivity contribution >= 4 is 21.5 Å². The highest BCUT2D eigenvalue weighted by Crippen LogP contribution is 2.43. The summed E-state index contributed by atoms with van der Waals surface area (Å²) in [7, 11) is 0. The quantitative estimate of drug-likeness (QED) is 0.247. The minimum Gasteiger partial charge on any atom is -0.507 e. The first kappa shape index (κ1) is 23.7. The molecule has 7 heteroatoms. The lowest BCUT2D eigenvalue weighted by atomic mass is 9.87. The van der Waals surface area contributed by atoms with Gasteiger partial charge >= 0.3 is 12.4 Å². The smallest absolute Gasteiger partial charge is 0.416 e. The molecule has 0 spiro atoms. The molecule has 0 unspecified atom stereocenters. The van der Waals surface area contributed by atoms with Crippen LogP contribution in [0, 0.1) is 0 Å². The Kier molecular flexibility index (Phi) is 5.66. The van der Waals surface area contributed by atoms with Crippen LogP contribution in [0.5, 0.6) is 5.75 Å². The summed E-state index contributed by atoms with van der Waals surface area (Å²) in [4.78, 5) is 0. The van der Waals surface area contributed by atoms with Crippen LogP contribution < -0.4 is 0 Å². The summed E-state index contributed by atoms with van der Waals surface area (Å²) in [5.74, 6) is -0.0358. The maximum atomic E-state index is 13.5. The second-order valence-electron chi connectivity index (χ2n) is 8.59. The molecular weight excluding hydrogens is 478 g/mol. The monoisotopic (exact) mass is 496 g/mol. The molecule has 0 aromatic heterocycles. The van der Waals surface area contributed by atoms with Gasteiger partial charge in [0.15, 0.2) is 0 Å². The third kappa shape index (κ3) is 4.37.